The van der Waals surface area contributed by atoms with Crippen molar-refractivity contribution in [3.63, 3.8) is 0 Å². The van der Waals surface area contributed by atoms with Crippen LogP contribution in [-0.2, 0) is 9.59 Å². The number of carbonyl (C=O) groups excluding carboxylic acids is 2. The van der Waals surface area contributed by atoms with Gasteiger partial charge in [0.2, 0.25) is 0 Å². The van der Waals surface area contributed by atoms with Gasteiger partial charge in [0, 0.05) is 0 Å². The second-order valence-electron chi connectivity index (χ2n) is 1.79. The van der Waals surface area contributed by atoms with Crippen molar-refractivity contribution in [1.29, 1.82) is 0 Å². The topological polar surface area (TPSA) is 101 Å². The number of hydrogen-bond donors (Lipinski definition) is 3. The van der Waals surface area contributed by atoms with Crippen molar-refractivity contribution in [1.82, 2.24) is 0 Å². The van der Waals surface area contributed by atoms with Gasteiger partial charge in [0.05, 0.1) is 6.54 Å². The van der Waals surface area contributed by atoms with Crippen molar-refractivity contribution in [2.45, 2.75) is 0 Å². The highest BCUT2D eigenvalue weighted by Crippen LogP contribution is 2.45. The van der Waals surface area contributed by atoms with Crippen molar-refractivity contribution < 1.29 is 19.4 Å². The van der Waals surface area contributed by atoms with E-state index in [0.717, 1.165) is 0 Å². The Morgan fingerprint density at radius 2 is 2.10 bits per heavy atom. The molecule has 0 amide bonds. The summed E-state index contributed by atoms with van der Waals surface area (Å²) in [5, 5.41) is 0. The lowest BCUT2D eigenvalue weighted by Gasteiger charge is -2.00. The van der Waals surface area contributed by atoms with Gasteiger partial charge in [-0.1, -0.05) is 0 Å². The van der Waals surface area contributed by atoms with Crippen LogP contribution in [0, 0.1) is 0 Å². The summed E-state index contributed by atoms with van der Waals surface area (Å²) in [5.41, 5.74) is 4.86. The third-order valence-corrected chi connectivity index (χ3v) is 1.96. The van der Waals surface area contributed by atoms with Crippen LogP contribution in [0.15, 0.2) is 0 Å². The summed E-state index contributed by atoms with van der Waals surface area (Å²) >= 11 is 0. The number of hydrogen-bond acceptors (Lipinski definition) is 5. The molecule has 0 aromatic rings. The first-order valence-electron chi connectivity index (χ1n) is 2.53. The molecule has 5 nitrogen and oxygen atoms in total. The molecular formula is C4H9NO4P+. The predicted octanol–water partition coefficient (Wildman–Crippen LogP) is -1.46. The van der Waals surface area contributed by atoms with Crippen LogP contribution in [0.2, 0.25) is 0 Å². The number of nitrogens with two attached hydrogens (primary N) is 1. The molecule has 0 radical (unpaired) electrons. The maximum absolute atomic E-state index is 10.4. The molecule has 10 heavy (non-hydrogen) atoms. The third-order valence-electron chi connectivity index (χ3n) is 0.806. The number of carbonyl (C=O) groups is 2. The van der Waals surface area contributed by atoms with E-state index in [1.807, 2.05) is 0 Å². The predicted molar refractivity (Wildman–Crippen MR) is 37.0 cm³/mol. The Hall–Kier alpha value is -0.350. The van der Waals surface area contributed by atoms with E-state index in [-0.39, 0.29) is 12.6 Å². The van der Waals surface area contributed by atoms with Crippen molar-refractivity contribution in [3.8, 4) is 0 Å². The van der Waals surface area contributed by atoms with Crippen LogP contribution in [0.5, 0.6) is 0 Å². The van der Waals surface area contributed by atoms with E-state index >= 15 is 0 Å². The first-order chi connectivity index (χ1) is 4.52. The Balaban J connectivity index is 3.88. The molecule has 0 heterocycles. The molecule has 0 saturated heterocycles. The quantitative estimate of drug-likeness (QED) is 0.350. The molecule has 0 aromatic heterocycles. The number of rotatable bonds is 4. The summed E-state index contributed by atoms with van der Waals surface area (Å²) < 4.78 is 0. The highest BCUT2D eigenvalue weighted by molar-refractivity contribution is 7.79. The first-order valence-corrected chi connectivity index (χ1v) is 4.48. The van der Waals surface area contributed by atoms with Crippen LogP contribution in [0.3, 0.4) is 0 Å². The van der Waals surface area contributed by atoms with Crippen molar-refractivity contribution in [2.75, 3.05) is 12.7 Å². The minimum Gasteiger partial charge on any atom is -0.324 e. The largest absolute Gasteiger partial charge is 0.341 e. The fourth-order valence-electron chi connectivity index (χ4n) is 0.361. The Kier molecular flexibility index (Phi) is 3.60. The normalized spacial score (nSPS) is 11.1. The standard InChI is InChI=1S/C4H9NO4P/c5-1-4(7)2-10(8,9)3-6/h3,8-9H,1-2,5H2/q+1. The molecule has 0 aliphatic carbocycles. The van der Waals surface area contributed by atoms with Gasteiger partial charge in [-0.2, -0.15) is 0 Å². The van der Waals surface area contributed by atoms with Gasteiger partial charge in [0.25, 0.3) is 0 Å². The molecule has 4 N–H and O–H groups in total. The van der Waals surface area contributed by atoms with Crippen molar-refractivity contribution in [2.24, 2.45) is 5.73 Å². The zero-order valence-corrected chi connectivity index (χ0v) is 6.12. The van der Waals surface area contributed by atoms with Gasteiger partial charge < -0.3 is 5.73 Å². The third kappa shape index (κ3) is 3.63. The summed E-state index contributed by atoms with van der Waals surface area (Å²) in [6.07, 6.45) is -0.535. The fourth-order valence-corrected chi connectivity index (χ4v) is 1.08. The summed E-state index contributed by atoms with van der Waals surface area (Å²) in [5.74, 6) is -0.523. The summed E-state index contributed by atoms with van der Waals surface area (Å²) in [7, 11) is -3.61. The molecule has 0 aromatic carbocycles. The highest BCUT2D eigenvalue weighted by atomic mass is 31.2. The van der Waals surface area contributed by atoms with Crippen LogP contribution in [0.4, 0.5) is 0 Å². The molecular weight excluding hydrogens is 157 g/mol. The van der Waals surface area contributed by atoms with Crippen LogP contribution in [0.1, 0.15) is 0 Å². The van der Waals surface area contributed by atoms with Gasteiger partial charge in [0.1, 0.15) is 0 Å². The SMILES string of the molecule is NCC(=O)C[P+](O)(O)C=O. The molecule has 0 bridgehead atoms. The van der Waals surface area contributed by atoms with E-state index < -0.39 is 19.7 Å². The Morgan fingerprint density at radius 1 is 1.60 bits per heavy atom. The van der Waals surface area contributed by atoms with Gasteiger partial charge in [-0.05, 0) is 0 Å². The highest BCUT2D eigenvalue weighted by Gasteiger charge is 2.35. The zero-order chi connectivity index (χ0) is 8.20. The summed E-state index contributed by atoms with van der Waals surface area (Å²) in [4.78, 5) is 37.5. The lowest BCUT2D eigenvalue weighted by Crippen LogP contribution is -2.19. The van der Waals surface area contributed by atoms with Crippen LogP contribution in [-0.4, -0.2) is 34.3 Å². The van der Waals surface area contributed by atoms with Crippen LogP contribution < -0.4 is 5.73 Å². The Bertz CT molecular complexity index is 146. The molecule has 0 saturated carbocycles. The second kappa shape index (κ2) is 3.73. The van der Waals surface area contributed by atoms with Gasteiger partial charge in [-0.25, -0.2) is 9.79 Å². The summed E-state index contributed by atoms with van der Waals surface area (Å²) in [6.45, 7) is -0.267. The lowest BCUT2D eigenvalue weighted by molar-refractivity contribution is -0.115. The lowest BCUT2D eigenvalue weighted by atomic mass is 10.5. The van der Waals surface area contributed by atoms with Gasteiger partial charge in [-0.15, -0.1) is 0 Å². The average Bonchev–Trinajstić information content (AvgIpc) is 1.87. The van der Waals surface area contributed by atoms with Crippen LogP contribution >= 0.6 is 7.72 Å². The molecule has 58 valence electrons. The molecule has 0 aliphatic rings. The van der Waals surface area contributed by atoms with E-state index in [0.29, 0.717) is 0 Å². The number of ketones is 1. The van der Waals surface area contributed by atoms with Gasteiger partial charge in [0.15, 0.2) is 11.9 Å². The molecule has 0 spiro atoms. The molecule has 0 unspecified atom stereocenters. The van der Waals surface area contributed by atoms with Gasteiger partial charge in [-0.3, -0.25) is 9.59 Å². The smallest absolute Gasteiger partial charge is 0.324 e. The maximum Gasteiger partial charge on any atom is 0.341 e. The first kappa shape index (κ1) is 9.65. The van der Waals surface area contributed by atoms with E-state index in [9.17, 15) is 9.59 Å². The maximum atomic E-state index is 10.4. The average molecular weight is 166 g/mol. The van der Waals surface area contributed by atoms with Gasteiger partial charge >= 0.3 is 13.7 Å². The molecule has 0 atom stereocenters. The fraction of sp³-hybridized carbons (Fsp3) is 0.500. The van der Waals surface area contributed by atoms with Crippen molar-refractivity contribution >= 4 is 19.5 Å². The molecule has 0 rings (SSSR count). The van der Waals surface area contributed by atoms with E-state index in [4.69, 9.17) is 15.5 Å². The zero-order valence-electron chi connectivity index (χ0n) is 5.23. The van der Waals surface area contributed by atoms with Crippen LogP contribution in [0.25, 0.3) is 0 Å². The minimum absolute atomic E-state index is 0.000556. The molecule has 0 fully saturated rings. The Morgan fingerprint density at radius 3 is 2.40 bits per heavy atom. The minimum atomic E-state index is -3.61. The Labute approximate surface area is 58.3 Å². The summed E-state index contributed by atoms with van der Waals surface area (Å²) in [6, 6.07) is 0.000556. The molecule has 0 aliphatic heterocycles. The second-order valence-corrected chi connectivity index (χ2v) is 3.89. The van der Waals surface area contributed by atoms with Crippen molar-refractivity contribution in [3.05, 3.63) is 0 Å². The monoisotopic (exact) mass is 166 g/mol. The van der Waals surface area contributed by atoms with E-state index in [2.05, 4.69) is 0 Å². The molecule has 6 heteroatoms. The van der Waals surface area contributed by atoms with E-state index in [1.165, 1.54) is 0 Å². The van der Waals surface area contributed by atoms with E-state index in [1.54, 1.807) is 0 Å². The number of Topliss-reactive ketones (excluding diaryl/α,β-unsaturated/α-hetero) is 1.